The van der Waals surface area contributed by atoms with Crippen LogP contribution < -0.4 is 0 Å². The molecule has 4 fully saturated rings. The monoisotopic (exact) mass is 351 g/mol. The number of benzene rings is 1. The minimum atomic E-state index is 0.0559. The van der Waals surface area contributed by atoms with Crippen molar-refractivity contribution in [2.24, 2.45) is 17.8 Å². The van der Waals surface area contributed by atoms with Gasteiger partial charge in [0.1, 0.15) is 5.88 Å². The SMILES string of the molecule is O=C(CCl)N(Cc1ccc(Cl)cc1)C12CC3CC(CC(C3)C1)C2. The van der Waals surface area contributed by atoms with E-state index in [2.05, 4.69) is 4.90 Å². The Morgan fingerprint density at radius 2 is 1.57 bits per heavy atom. The molecule has 124 valence electrons. The standard InChI is InChI=1S/C19H23Cl2NO/c20-11-18(23)22(12-13-1-3-17(21)4-2-13)19-8-14-5-15(9-19)7-16(6-14)10-19/h1-4,14-16H,5-12H2. The van der Waals surface area contributed by atoms with E-state index in [9.17, 15) is 4.79 Å². The molecular formula is C19H23Cl2NO. The van der Waals surface area contributed by atoms with Crippen LogP contribution in [0.4, 0.5) is 0 Å². The number of carbonyl (C=O) groups excluding carboxylic acids is 1. The summed E-state index contributed by atoms with van der Waals surface area (Å²) >= 11 is 12.0. The first-order chi connectivity index (χ1) is 11.1. The van der Waals surface area contributed by atoms with Crippen LogP contribution in [0.15, 0.2) is 24.3 Å². The number of alkyl halides is 1. The molecule has 4 aliphatic rings. The molecule has 1 amide bonds. The summed E-state index contributed by atoms with van der Waals surface area (Å²) in [6.45, 7) is 0.662. The Bertz CT molecular complexity index is 563. The lowest BCUT2D eigenvalue weighted by Gasteiger charge is -2.60. The summed E-state index contributed by atoms with van der Waals surface area (Å²) < 4.78 is 0. The maximum atomic E-state index is 12.7. The summed E-state index contributed by atoms with van der Waals surface area (Å²) in [6.07, 6.45) is 7.66. The van der Waals surface area contributed by atoms with Gasteiger partial charge in [-0.15, -0.1) is 11.6 Å². The average molecular weight is 352 g/mol. The third-order valence-electron chi connectivity index (χ3n) is 6.25. The largest absolute Gasteiger partial charge is 0.332 e. The molecule has 0 N–H and O–H groups in total. The fourth-order valence-electron chi connectivity index (χ4n) is 5.76. The second-order valence-corrected chi connectivity index (χ2v) is 8.59. The fourth-order valence-corrected chi connectivity index (χ4v) is 6.03. The van der Waals surface area contributed by atoms with Crippen LogP contribution in [-0.4, -0.2) is 22.2 Å². The lowest BCUT2D eigenvalue weighted by atomic mass is 9.52. The number of hydrogen-bond acceptors (Lipinski definition) is 1. The van der Waals surface area contributed by atoms with E-state index in [4.69, 9.17) is 23.2 Å². The minimum Gasteiger partial charge on any atom is -0.332 e. The molecule has 0 unspecified atom stereocenters. The smallest absolute Gasteiger partial charge is 0.238 e. The molecule has 0 radical (unpaired) electrons. The molecule has 0 aliphatic heterocycles. The molecule has 0 heterocycles. The van der Waals surface area contributed by atoms with Crippen molar-refractivity contribution in [3.63, 3.8) is 0 Å². The Morgan fingerprint density at radius 1 is 1.04 bits per heavy atom. The third-order valence-corrected chi connectivity index (χ3v) is 6.73. The number of hydrogen-bond donors (Lipinski definition) is 0. The Morgan fingerprint density at radius 3 is 2.04 bits per heavy atom. The number of amides is 1. The van der Waals surface area contributed by atoms with Gasteiger partial charge in [0.25, 0.3) is 0 Å². The van der Waals surface area contributed by atoms with Gasteiger partial charge in [-0.25, -0.2) is 0 Å². The topological polar surface area (TPSA) is 20.3 Å². The van der Waals surface area contributed by atoms with E-state index in [1.54, 1.807) is 0 Å². The van der Waals surface area contributed by atoms with Gasteiger partial charge in [0.2, 0.25) is 5.91 Å². The second-order valence-electron chi connectivity index (χ2n) is 7.88. The lowest BCUT2D eigenvalue weighted by molar-refractivity contribution is -0.149. The maximum absolute atomic E-state index is 12.7. The van der Waals surface area contributed by atoms with E-state index >= 15 is 0 Å². The molecule has 0 spiro atoms. The number of carbonyl (C=O) groups is 1. The van der Waals surface area contributed by atoms with Crippen molar-refractivity contribution in [1.29, 1.82) is 0 Å². The van der Waals surface area contributed by atoms with Gasteiger partial charge in [-0.1, -0.05) is 23.7 Å². The predicted octanol–water partition coefficient (Wildman–Crippen LogP) is 4.88. The van der Waals surface area contributed by atoms with Crippen molar-refractivity contribution in [2.75, 3.05) is 5.88 Å². The van der Waals surface area contributed by atoms with Crippen LogP contribution in [0, 0.1) is 17.8 Å². The summed E-state index contributed by atoms with van der Waals surface area (Å²) in [5, 5.41) is 0.735. The molecule has 4 saturated carbocycles. The highest BCUT2D eigenvalue weighted by Gasteiger charge is 2.54. The van der Waals surface area contributed by atoms with Gasteiger partial charge in [-0.3, -0.25) is 4.79 Å². The molecule has 0 atom stereocenters. The van der Waals surface area contributed by atoms with Crippen LogP contribution in [0.1, 0.15) is 44.1 Å². The van der Waals surface area contributed by atoms with Crippen molar-refractivity contribution < 1.29 is 4.79 Å². The van der Waals surface area contributed by atoms with E-state index < -0.39 is 0 Å². The number of rotatable bonds is 4. The quantitative estimate of drug-likeness (QED) is 0.708. The number of nitrogens with zero attached hydrogens (tertiary/aromatic N) is 1. The first-order valence-electron chi connectivity index (χ1n) is 8.69. The van der Waals surface area contributed by atoms with Gasteiger partial charge in [0, 0.05) is 17.1 Å². The van der Waals surface area contributed by atoms with E-state index in [1.807, 2.05) is 24.3 Å². The van der Waals surface area contributed by atoms with Crippen LogP contribution in [0.5, 0.6) is 0 Å². The maximum Gasteiger partial charge on any atom is 0.238 e. The van der Waals surface area contributed by atoms with Crippen LogP contribution in [-0.2, 0) is 11.3 Å². The van der Waals surface area contributed by atoms with Gasteiger partial charge in [-0.05, 0) is 74.0 Å². The fraction of sp³-hybridized carbons (Fsp3) is 0.632. The average Bonchev–Trinajstić information content (AvgIpc) is 2.52. The van der Waals surface area contributed by atoms with E-state index in [1.165, 1.54) is 38.5 Å². The van der Waals surface area contributed by atoms with Gasteiger partial charge < -0.3 is 4.90 Å². The molecule has 1 aromatic rings. The first-order valence-corrected chi connectivity index (χ1v) is 9.60. The van der Waals surface area contributed by atoms with E-state index in [0.29, 0.717) is 6.54 Å². The zero-order valence-corrected chi connectivity index (χ0v) is 14.8. The van der Waals surface area contributed by atoms with Crippen LogP contribution in [0.3, 0.4) is 0 Å². The van der Waals surface area contributed by atoms with Crippen molar-refractivity contribution in [1.82, 2.24) is 4.90 Å². The Labute approximate surface area is 148 Å². The Balaban J connectivity index is 1.63. The van der Waals surface area contributed by atoms with Crippen LogP contribution in [0.25, 0.3) is 0 Å². The summed E-state index contributed by atoms with van der Waals surface area (Å²) in [4.78, 5) is 14.8. The Hall–Kier alpha value is -0.730. The van der Waals surface area contributed by atoms with Gasteiger partial charge in [-0.2, -0.15) is 0 Å². The highest BCUT2D eigenvalue weighted by atomic mass is 35.5. The van der Waals surface area contributed by atoms with E-state index in [0.717, 1.165) is 28.3 Å². The third kappa shape index (κ3) is 2.89. The molecular weight excluding hydrogens is 329 g/mol. The summed E-state index contributed by atoms with van der Waals surface area (Å²) in [7, 11) is 0. The zero-order chi connectivity index (χ0) is 16.0. The molecule has 2 nitrogen and oxygen atoms in total. The number of halogens is 2. The highest BCUT2D eigenvalue weighted by molar-refractivity contribution is 6.30. The highest BCUT2D eigenvalue weighted by Crippen LogP contribution is 2.58. The van der Waals surface area contributed by atoms with Crippen molar-refractivity contribution in [3.05, 3.63) is 34.9 Å². The minimum absolute atomic E-state index is 0.0559. The van der Waals surface area contributed by atoms with Crippen LogP contribution in [0.2, 0.25) is 5.02 Å². The van der Waals surface area contributed by atoms with Gasteiger partial charge in [0.15, 0.2) is 0 Å². The molecule has 4 heteroatoms. The van der Waals surface area contributed by atoms with Crippen LogP contribution >= 0.6 is 23.2 Å². The summed E-state index contributed by atoms with van der Waals surface area (Å²) in [5.74, 6) is 2.62. The lowest BCUT2D eigenvalue weighted by Crippen LogP contribution is -2.61. The predicted molar refractivity (Wildman–Crippen MR) is 93.6 cm³/mol. The van der Waals surface area contributed by atoms with Gasteiger partial charge >= 0.3 is 0 Å². The Kier molecular flexibility index (Phi) is 4.09. The van der Waals surface area contributed by atoms with Crippen molar-refractivity contribution in [3.8, 4) is 0 Å². The molecule has 4 aliphatic carbocycles. The molecule has 1 aromatic carbocycles. The summed E-state index contributed by atoms with van der Waals surface area (Å²) in [5.41, 5.74) is 1.20. The first kappa shape index (κ1) is 15.8. The normalized spacial score (nSPS) is 34.6. The second kappa shape index (κ2) is 5.97. The van der Waals surface area contributed by atoms with Gasteiger partial charge in [0.05, 0.1) is 0 Å². The molecule has 5 rings (SSSR count). The molecule has 0 aromatic heterocycles. The van der Waals surface area contributed by atoms with Crippen molar-refractivity contribution in [2.45, 2.75) is 50.6 Å². The molecule has 23 heavy (non-hydrogen) atoms. The molecule has 0 saturated heterocycles. The molecule has 4 bridgehead atoms. The van der Waals surface area contributed by atoms with E-state index in [-0.39, 0.29) is 17.3 Å². The van der Waals surface area contributed by atoms with Crippen molar-refractivity contribution >= 4 is 29.1 Å². The zero-order valence-electron chi connectivity index (χ0n) is 13.3. The summed E-state index contributed by atoms with van der Waals surface area (Å²) in [6, 6.07) is 7.86.